The average molecular weight is 314 g/mol. The molecule has 2 nitrogen and oxygen atoms in total. The Kier molecular flexibility index (Phi) is 6.90. The molecule has 1 aromatic rings. The van der Waals surface area contributed by atoms with Gasteiger partial charge in [0.15, 0.2) is 0 Å². The highest BCUT2D eigenvalue weighted by molar-refractivity contribution is 7.80. The molecule has 0 saturated carbocycles. The zero-order chi connectivity index (χ0) is 15.2. The number of hydrogen-bond donors (Lipinski definition) is 2. The molecule has 112 valence electrons. The summed E-state index contributed by atoms with van der Waals surface area (Å²) in [4.78, 5) is 12.9. The fourth-order valence-electron chi connectivity index (χ4n) is 2.04. The van der Waals surface area contributed by atoms with E-state index in [1.165, 1.54) is 19.3 Å². The highest BCUT2D eigenvalue weighted by Crippen LogP contribution is 2.24. The van der Waals surface area contributed by atoms with Gasteiger partial charge in [0.05, 0.1) is 10.6 Å². The Morgan fingerprint density at radius 3 is 2.70 bits per heavy atom. The molecule has 0 spiro atoms. The van der Waals surface area contributed by atoms with Crippen LogP contribution in [0.5, 0.6) is 0 Å². The van der Waals surface area contributed by atoms with Gasteiger partial charge >= 0.3 is 0 Å². The summed E-state index contributed by atoms with van der Waals surface area (Å²) in [6.07, 6.45) is 4.77. The van der Waals surface area contributed by atoms with Crippen molar-refractivity contribution in [2.24, 2.45) is 5.41 Å². The Bertz CT molecular complexity index is 460. The third kappa shape index (κ3) is 5.76. The molecule has 0 aromatic heterocycles. The Balaban J connectivity index is 2.56. The second kappa shape index (κ2) is 7.94. The lowest BCUT2D eigenvalue weighted by molar-refractivity contribution is 0.0934. The maximum atomic E-state index is 12.2. The van der Waals surface area contributed by atoms with E-state index in [1.54, 1.807) is 18.2 Å². The van der Waals surface area contributed by atoms with Crippen molar-refractivity contribution in [3.8, 4) is 0 Å². The quantitative estimate of drug-likeness (QED) is 0.540. The van der Waals surface area contributed by atoms with Crippen LogP contribution in [0.15, 0.2) is 23.1 Å². The lowest BCUT2D eigenvalue weighted by Gasteiger charge is -2.25. The topological polar surface area (TPSA) is 29.1 Å². The number of nitrogens with one attached hydrogen (secondary N) is 1. The van der Waals surface area contributed by atoms with Gasteiger partial charge < -0.3 is 5.32 Å². The zero-order valence-corrected chi connectivity index (χ0v) is 14.2. The molecule has 0 bridgehead atoms. The maximum Gasteiger partial charge on any atom is 0.252 e. The minimum Gasteiger partial charge on any atom is -0.351 e. The van der Waals surface area contributed by atoms with E-state index in [4.69, 9.17) is 11.6 Å². The van der Waals surface area contributed by atoms with Gasteiger partial charge in [0.2, 0.25) is 0 Å². The monoisotopic (exact) mass is 313 g/mol. The molecule has 0 heterocycles. The molecule has 1 N–H and O–H groups in total. The molecule has 0 aliphatic heterocycles. The smallest absolute Gasteiger partial charge is 0.252 e. The summed E-state index contributed by atoms with van der Waals surface area (Å²) in [6, 6.07) is 5.17. The largest absolute Gasteiger partial charge is 0.351 e. The van der Waals surface area contributed by atoms with E-state index in [0.29, 0.717) is 17.1 Å². The summed E-state index contributed by atoms with van der Waals surface area (Å²) >= 11 is 10.3. The summed E-state index contributed by atoms with van der Waals surface area (Å²) in [5, 5.41) is 3.44. The molecule has 0 fully saturated rings. The van der Waals surface area contributed by atoms with Crippen LogP contribution in [0.1, 0.15) is 56.8 Å². The van der Waals surface area contributed by atoms with Crippen molar-refractivity contribution in [2.75, 3.05) is 6.54 Å². The van der Waals surface area contributed by atoms with Gasteiger partial charge in [-0.1, -0.05) is 51.6 Å². The lowest BCUT2D eigenvalue weighted by atomic mass is 9.87. The summed E-state index contributed by atoms with van der Waals surface area (Å²) in [6.45, 7) is 7.21. The standard InChI is InChI=1S/C16H24ClNOS/c1-4-5-6-9-16(2,3)11-18-15(19)13-10-12(20)7-8-14(13)17/h7-8,10,20H,4-6,9,11H2,1-3H3,(H,18,19). The van der Waals surface area contributed by atoms with E-state index in [-0.39, 0.29) is 11.3 Å². The summed E-state index contributed by atoms with van der Waals surface area (Å²) in [5.41, 5.74) is 0.596. The normalized spacial score (nSPS) is 11.4. The fraction of sp³-hybridized carbons (Fsp3) is 0.562. The Hall–Kier alpha value is -0.670. The number of amides is 1. The molecular weight excluding hydrogens is 290 g/mol. The Morgan fingerprint density at radius 1 is 1.35 bits per heavy atom. The third-order valence-corrected chi connectivity index (χ3v) is 3.99. The van der Waals surface area contributed by atoms with Crippen molar-refractivity contribution in [2.45, 2.75) is 51.3 Å². The van der Waals surface area contributed by atoms with Crippen LogP contribution in [0, 0.1) is 5.41 Å². The van der Waals surface area contributed by atoms with Crippen molar-refractivity contribution in [3.63, 3.8) is 0 Å². The first kappa shape index (κ1) is 17.4. The molecule has 1 rings (SSSR count). The van der Waals surface area contributed by atoms with Gasteiger partial charge in [-0.25, -0.2) is 0 Å². The first-order chi connectivity index (χ1) is 9.35. The van der Waals surface area contributed by atoms with E-state index in [0.717, 1.165) is 11.3 Å². The van der Waals surface area contributed by atoms with Gasteiger partial charge in [0, 0.05) is 11.4 Å². The van der Waals surface area contributed by atoms with Crippen LogP contribution >= 0.6 is 24.2 Å². The number of benzene rings is 1. The van der Waals surface area contributed by atoms with Crippen molar-refractivity contribution < 1.29 is 4.79 Å². The Morgan fingerprint density at radius 2 is 2.05 bits per heavy atom. The molecule has 0 aliphatic carbocycles. The summed E-state index contributed by atoms with van der Waals surface area (Å²) in [7, 11) is 0. The molecule has 0 saturated heterocycles. The van der Waals surface area contributed by atoms with Crippen LogP contribution in [-0.2, 0) is 0 Å². The van der Waals surface area contributed by atoms with Crippen LogP contribution < -0.4 is 5.32 Å². The molecule has 0 radical (unpaired) electrons. The predicted octanol–water partition coefficient (Wildman–Crippen LogP) is 4.97. The number of carbonyl (C=O) groups is 1. The van der Waals surface area contributed by atoms with Gasteiger partial charge in [-0.05, 0) is 30.0 Å². The van der Waals surface area contributed by atoms with E-state index >= 15 is 0 Å². The van der Waals surface area contributed by atoms with Gasteiger partial charge in [-0.15, -0.1) is 12.6 Å². The van der Waals surface area contributed by atoms with Gasteiger partial charge in [-0.3, -0.25) is 4.79 Å². The number of carbonyl (C=O) groups excluding carboxylic acids is 1. The van der Waals surface area contributed by atoms with Crippen molar-refractivity contribution in [3.05, 3.63) is 28.8 Å². The SMILES string of the molecule is CCCCCC(C)(C)CNC(=O)c1cc(S)ccc1Cl. The molecular formula is C16H24ClNOS. The number of halogens is 1. The van der Waals surface area contributed by atoms with Gasteiger partial charge in [-0.2, -0.15) is 0 Å². The van der Waals surface area contributed by atoms with E-state index in [2.05, 4.69) is 38.7 Å². The molecule has 1 amide bonds. The van der Waals surface area contributed by atoms with Crippen LogP contribution in [0.3, 0.4) is 0 Å². The van der Waals surface area contributed by atoms with E-state index in [1.807, 2.05) is 0 Å². The van der Waals surface area contributed by atoms with E-state index < -0.39 is 0 Å². The Labute approximate surface area is 132 Å². The molecule has 4 heteroatoms. The highest BCUT2D eigenvalue weighted by atomic mass is 35.5. The van der Waals surface area contributed by atoms with Crippen molar-refractivity contribution in [1.29, 1.82) is 0 Å². The maximum absolute atomic E-state index is 12.2. The molecule has 1 aromatic carbocycles. The molecule has 0 aliphatic rings. The number of rotatable bonds is 7. The first-order valence-corrected chi connectivity index (χ1v) is 7.95. The molecule has 0 atom stereocenters. The van der Waals surface area contributed by atoms with Crippen LogP contribution in [0.2, 0.25) is 5.02 Å². The zero-order valence-electron chi connectivity index (χ0n) is 12.5. The molecule has 20 heavy (non-hydrogen) atoms. The van der Waals surface area contributed by atoms with Crippen molar-refractivity contribution >= 4 is 30.1 Å². The number of hydrogen-bond acceptors (Lipinski definition) is 2. The van der Waals surface area contributed by atoms with Crippen molar-refractivity contribution in [1.82, 2.24) is 5.32 Å². The summed E-state index contributed by atoms with van der Waals surface area (Å²) < 4.78 is 0. The number of thiol groups is 1. The highest BCUT2D eigenvalue weighted by Gasteiger charge is 2.19. The number of unbranched alkanes of at least 4 members (excludes halogenated alkanes) is 2. The van der Waals surface area contributed by atoms with Crippen LogP contribution in [0.25, 0.3) is 0 Å². The van der Waals surface area contributed by atoms with E-state index in [9.17, 15) is 4.79 Å². The second-order valence-electron chi connectivity index (χ2n) is 5.97. The average Bonchev–Trinajstić information content (AvgIpc) is 2.39. The lowest BCUT2D eigenvalue weighted by Crippen LogP contribution is -2.34. The summed E-state index contributed by atoms with van der Waals surface area (Å²) in [5.74, 6) is -0.130. The van der Waals surface area contributed by atoms with Crippen LogP contribution in [0.4, 0.5) is 0 Å². The predicted molar refractivity (Wildman–Crippen MR) is 89.0 cm³/mol. The minimum atomic E-state index is -0.130. The minimum absolute atomic E-state index is 0.107. The second-order valence-corrected chi connectivity index (χ2v) is 6.89. The van der Waals surface area contributed by atoms with Gasteiger partial charge in [0.25, 0.3) is 5.91 Å². The van der Waals surface area contributed by atoms with Gasteiger partial charge in [0.1, 0.15) is 0 Å². The third-order valence-electron chi connectivity index (χ3n) is 3.38. The fourth-order valence-corrected chi connectivity index (χ4v) is 2.45. The van der Waals surface area contributed by atoms with Crippen LogP contribution in [-0.4, -0.2) is 12.5 Å². The first-order valence-electron chi connectivity index (χ1n) is 7.12. The molecule has 0 unspecified atom stereocenters.